The van der Waals surface area contributed by atoms with E-state index in [0.29, 0.717) is 44.7 Å². The van der Waals surface area contributed by atoms with Crippen molar-refractivity contribution in [3.63, 3.8) is 0 Å². The van der Waals surface area contributed by atoms with E-state index in [4.69, 9.17) is 44.6 Å². The summed E-state index contributed by atoms with van der Waals surface area (Å²) >= 11 is 17.6. The highest BCUT2D eigenvalue weighted by atomic mass is 35.5. The summed E-state index contributed by atoms with van der Waals surface area (Å²) in [7, 11) is 0. The van der Waals surface area contributed by atoms with Crippen LogP contribution < -0.4 is 15.4 Å². The van der Waals surface area contributed by atoms with Crippen LogP contribution in [0.4, 0.5) is 5.69 Å². The number of nitrogens with zero attached hydrogens (tertiary/aromatic N) is 3. The Kier molecular flexibility index (Phi) is 7.09. The minimum Gasteiger partial charge on any atom is -0.494 e. The minimum atomic E-state index is -0.510. The van der Waals surface area contributed by atoms with Crippen LogP contribution in [0.1, 0.15) is 17.5 Å². The normalized spacial score (nSPS) is 10.9. The van der Waals surface area contributed by atoms with Gasteiger partial charge in [-0.15, -0.1) is 10.2 Å². The molecule has 8 nitrogen and oxygen atoms in total. The second-order valence-electron chi connectivity index (χ2n) is 7.79. The predicted molar refractivity (Wildman–Crippen MR) is 148 cm³/mol. The maximum Gasteiger partial charge on any atom is 0.293 e. The van der Waals surface area contributed by atoms with Gasteiger partial charge in [0.15, 0.2) is 10.9 Å². The van der Waals surface area contributed by atoms with E-state index in [9.17, 15) is 4.79 Å². The lowest BCUT2D eigenvalue weighted by atomic mass is 10.2. The number of hydrogen-bond acceptors (Lipinski definition) is 6. The molecule has 0 fully saturated rings. The zero-order valence-corrected chi connectivity index (χ0v) is 21.7. The number of halogens is 2. The van der Waals surface area contributed by atoms with Gasteiger partial charge in [0.25, 0.3) is 5.91 Å². The molecule has 0 aliphatic rings. The van der Waals surface area contributed by atoms with Crippen molar-refractivity contribution in [2.24, 2.45) is 0 Å². The first-order chi connectivity index (χ1) is 17.9. The van der Waals surface area contributed by atoms with E-state index in [2.05, 4.69) is 20.8 Å². The summed E-state index contributed by atoms with van der Waals surface area (Å²) in [5.74, 6) is 0.759. The molecule has 2 N–H and O–H groups in total. The van der Waals surface area contributed by atoms with Gasteiger partial charge in [-0.2, -0.15) is 4.80 Å². The van der Waals surface area contributed by atoms with Crippen molar-refractivity contribution in [1.29, 1.82) is 0 Å². The van der Waals surface area contributed by atoms with Gasteiger partial charge in [0, 0.05) is 11.3 Å². The Morgan fingerprint density at radius 1 is 1.03 bits per heavy atom. The molecular weight excluding hydrogens is 533 g/mol. The summed E-state index contributed by atoms with van der Waals surface area (Å²) in [5, 5.41) is 15.5. The van der Waals surface area contributed by atoms with Gasteiger partial charge in [0.2, 0.25) is 0 Å². The Morgan fingerprint density at radius 2 is 1.81 bits per heavy atom. The van der Waals surface area contributed by atoms with E-state index < -0.39 is 5.91 Å². The molecular formula is C26H19Cl2N5O3S. The molecule has 0 radical (unpaired) electrons. The highest BCUT2D eigenvalue weighted by Gasteiger charge is 2.16. The summed E-state index contributed by atoms with van der Waals surface area (Å²) in [5.41, 5.74) is 3.39. The van der Waals surface area contributed by atoms with Crippen molar-refractivity contribution in [2.75, 3.05) is 11.9 Å². The molecule has 5 aromatic rings. The number of anilines is 1. The SMILES string of the molecule is CCOc1ccc(-n2nc3ccc(NC(=S)NC(=O)c4ccc(-c5cccc(Cl)c5Cl)o4)cc3n2)cc1. The Bertz CT molecular complexity index is 1610. The number of ether oxygens (including phenoxy) is 1. The molecule has 2 aromatic heterocycles. The van der Waals surface area contributed by atoms with E-state index in [1.807, 2.05) is 37.3 Å². The summed E-state index contributed by atoms with van der Waals surface area (Å²) in [6.45, 7) is 2.53. The zero-order valence-electron chi connectivity index (χ0n) is 19.4. The lowest BCUT2D eigenvalue weighted by Gasteiger charge is -2.08. The largest absolute Gasteiger partial charge is 0.494 e. The van der Waals surface area contributed by atoms with Gasteiger partial charge >= 0.3 is 0 Å². The van der Waals surface area contributed by atoms with Crippen molar-refractivity contribution in [3.05, 3.63) is 88.6 Å². The number of amides is 1. The molecule has 186 valence electrons. The number of benzene rings is 3. The highest BCUT2D eigenvalue weighted by molar-refractivity contribution is 7.80. The van der Waals surface area contributed by atoms with Crippen LogP contribution >= 0.6 is 35.4 Å². The standard InChI is InChI=1S/C26H19Cl2N5O3S/c1-2-35-17-9-7-16(8-10-17)33-31-20-11-6-15(14-21(20)32-33)29-26(37)30-25(34)23-13-12-22(36-23)18-4-3-5-19(27)24(18)28/h3-14H,2H2,1H3,(H2,29,30,34,37). The molecule has 0 saturated carbocycles. The summed E-state index contributed by atoms with van der Waals surface area (Å²) < 4.78 is 11.1. The van der Waals surface area contributed by atoms with Crippen LogP contribution in [0.25, 0.3) is 28.0 Å². The molecule has 0 aliphatic carbocycles. The van der Waals surface area contributed by atoms with E-state index in [0.717, 1.165) is 11.4 Å². The molecule has 0 saturated heterocycles. The lowest BCUT2D eigenvalue weighted by molar-refractivity contribution is 0.0951. The van der Waals surface area contributed by atoms with Crippen molar-refractivity contribution in [2.45, 2.75) is 6.92 Å². The Morgan fingerprint density at radius 3 is 2.59 bits per heavy atom. The van der Waals surface area contributed by atoms with Gasteiger partial charge in [-0.25, -0.2) is 0 Å². The molecule has 0 spiro atoms. The van der Waals surface area contributed by atoms with Crippen molar-refractivity contribution >= 4 is 63.2 Å². The fraction of sp³-hybridized carbons (Fsp3) is 0.0769. The van der Waals surface area contributed by atoms with Crippen molar-refractivity contribution in [3.8, 4) is 22.8 Å². The number of hydrogen-bond donors (Lipinski definition) is 2. The molecule has 11 heteroatoms. The third-order valence-corrected chi connectivity index (χ3v) is 6.31. The maximum absolute atomic E-state index is 12.7. The number of carbonyl (C=O) groups excluding carboxylic acids is 1. The Balaban J connectivity index is 1.25. The van der Waals surface area contributed by atoms with Gasteiger partial charge in [-0.3, -0.25) is 10.1 Å². The average Bonchev–Trinajstić information content (AvgIpc) is 3.54. The zero-order chi connectivity index (χ0) is 25.9. The van der Waals surface area contributed by atoms with E-state index in [1.54, 1.807) is 41.2 Å². The van der Waals surface area contributed by atoms with Gasteiger partial charge in [-0.1, -0.05) is 29.3 Å². The number of fused-ring (bicyclic) bond motifs is 1. The number of rotatable bonds is 6. The number of carbonyl (C=O) groups is 1. The third kappa shape index (κ3) is 5.43. The van der Waals surface area contributed by atoms with Crippen LogP contribution in [0.2, 0.25) is 10.0 Å². The first-order valence-corrected chi connectivity index (χ1v) is 12.3. The second-order valence-corrected chi connectivity index (χ2v) is 8.99. The quantitative estimate of drug-likeness (QED) is 0.232. The summed E-state index contributed by atoms with van der Waals surface area (Å²) in [6.07, 6.45) is 0. The molecule has 1 amide bonds. The molecule has 37 heavy (non-hydrogen) atoms. The highest BCUT2D eigenvalue weighted by Crippen LogP contribution is 2.34. The lowest BCUT2D eigenvalue weighted by Crippen LogP contribution is -2.33. The Hall–Kier alpha value is -3.92. The van der Waals surface area contributed by atoms with Crippen LogP contribution in [-0.4, -0.2) is 32.6 Å². The number of aromatic nitrogens is 3. The summed E-state index contributed by atoms with van der Waals surface area (Å²) in [4.78, 5) is 14.2. The fourth-order valence-corrected chi connectivity index (χ4v) is 4.18. The fourth-order valence-electron chi connectivity index (χ4n) is 3.58. The smallest absolute Gasteiger partial charge is 0.293 e. The number of nitrogens with one attached hydrogen (secondary N) is 2. The molecule has 0 bridgehead atoms. The monoisotopic (exact) mass is 551 g/mol. The molecule has 5 rings (SSSR count). The third-order valence-electron chi connectivity index (χ3n) is 5.29. The predicted octanol–water partition coefficient (Wildman–Crippen LogP) is 6.51. The molecule has 2 heterocycles. The maximum atomic E-state index is 12.7. The molecule has 0 aliphatic heterocycles. The van der Waals surface area contributed by atoms with Gasteiger partial charge < -0.3 is 14.5 Å². The van der Waals surface area contributed by atoms with Crippen molar-refractivity contribution < 1.29 is 13.9 Å². The van der Waals surface area contributed by atoms with Crippen LogP contribution in [0, 0.1) is 0 Å². The van der Waals surface area contributed by atoms with Crippen LogP contribution in [0.5, 0.6) is 5.75 Å². The van der Waals surface area contributed by atoms with Gasteiger partial charge in [0.1, 0.15) is 22.5 Å². The molecule has 3 aromatic carbocycles. The van der Waals surface area contributed by atoms with Crippen LogP contribution in [-0.2, 0) is 0 Å². The first kappa shape index (κ1) is 24.8. The average molecular weight is 552 g/mol. The summed E-state index contributed by atoms with van der Waals surface area (Å²) in [6, 6.07) is 21.3. The second kappa shape index (κ2) is 10.6. The van der Waals surface area contributed by atoms with Gasteiger partial charge in [0.05, 0.1) is 22.3 Å². The van der Waals surface area contributed by atoms with Crippen LogP contribution in [0.3, 0.4) is 0 Å². The topological polar surface area (TPSA) is 94.2 Å². The van der Waals surface area contributed by atoms with E-state index in [1.165, 1.54) is 6.07 Å². The minimum absolute atomic E-state index is 0.0731. The molecule has 0 unspecified atom stereocenters. The van der Waals surface area contributed by atoms with E-state index in [-0.39, 0.29) is 10.9 Å². The number of furan rings is 1. The Labute approximate surface area is 227 Å². The van der Waals surface area contributed by atoms with Gasteiger partial charge in [-0.05, 0) is 85.9 Å². The first-order valence-electron chi connectivity index (χ1n) is 11.2. The van der Waals surface area contributed by atoms with Crippen LogP contribution in [0.15, 0.2) is 77.2 Å². The van der Waals surface area contributed by atoms with Crippen molar-refractivity contribution in [1.82, 2.24) is 20.3 Å². The molecule has 0 atom stereocenters. The van der Waals surface area contributed by atoms with E-state index >= 15 is 0 Å². The number of thiocarbonyl (C=S) groups is 1.